The highest BCUT2D eigenvalue weighted by Gasteiger charge is 2.28. The van der Waals surface area contributed by atoms with Gasteiger partial charge in [0.05, 0.1) is 16.1 Å². The molecule has 174 valence electrons. The minimum Gasteiger partial charge on any atom is -0.436 e. The van der Waals surface area contributed by atoms with Crippen molar-refractivity contribution in [2.75, 3.05) is 18.4 Å². The van der Waals surface area contributed by atoms with Crippen LogP contribution in [0.25, 0.3) is 22.6 Å². The van der Waals surface area contributed by atoms with Gasteiger partial charge >= 0.3 is 0 Å². The molecular formula is C26H25N3O4S. The van der Waals surface area contributed by atoms with E-state index in [1.807, 2.05) is 42.5 Å². The fraction of sp³-hybridized carbons (Fsp3) is 0.231. The van der Waals surface area contributed by atoms with Gasteiger partial charge in [0.15, 0.2) is 5.58 Å². The summed E-state index contributed by atoms with van der Waals surface area (Å²) >= 11 is 0. The Morgan fingerprint density at radius 1 is 1.03 bits per heavy atom. The maximum atomic E-state index is 13.0. The molecule has 34 heavy (non-hydrogen) atoms. The highest BCUT2D eigenvalue weighted by atomic mass is 32.2. The predicted molar refractivity (Wildman–Crippen MR) is 131 cm³/mol. The first kappa shape index (κ1) is 22.3. The second-order valence-electron chi connectivity index (χ2n) is 8.62. The molecule has 0 radical (unpaired) electrons. The van der Waals surface area contributed by atoms with Crippen LogP contribution >= 0.6 is 0 Å². The molecule has 7 nitrogen and oxygen atoms in total. The van der Waals surface area contributed by atoms with Crippen LogP contribution in [0.5, 0.6) is 0 Å². The maximum Gasteiger partial charge on any atom is 0.255 e. The second kappa shape index (κ2) is 9.04. The van der Waals surface area contributed by atoms with E-state index in [1.165, 1.54) is 28.6 Å². The van der Waals surface area contributed by atoms with Crippen LogP contribution in [0.4, 0.5) is 5.69 Å². The lowest BCUT2D eigenvalue weighted by Gasteiger charge is -2.30. The van der Waals surface area contributed by atoms with Gasteiger partial charge in [-0.1, -0.05) is 31.2 Å². The van der Waals surface area contributed by atoms with Crippen LogP contribution < -0.4 is 5.32 Å². The highest BCUT2D eigenvalue weighted by Crippen LogP contribution is 2.30. The Hall–Kier alpha value is -3.49. The van der Waals surface area contributed by atoms with Gasteiger partial charge in [-0.15, -0.1) is 0 Å². The van der Waals surface area contributed by atoms with E-state index in [-0.39, 0.29) is 10.8 Å². The van der Waals surface area contributed by atoms with Crippen molar-refractivity contribution in [2.45, 2.75) is 24.7 Å². The first-order valence-electron chi connectivity index (χ1n) is 11.3. The monoisotopic (exact) mass is 475 g/mol. The van der Waals surface area contributed by atoms with E-state index in [0.29, 0.717) is 47.3 Å². The normalized spacial score (nSPS) is 17.0. The van der Waals surface area contributed by atoms with Crippen LogP contribution in [-0.2, 0) is 10.0 Å². The number of aromatic nitrogens is 1. The average molecular weight is 476 g/mol. The zero-order valence-electron chi connectivity index (χ0n) is 18.8. The number of carbonyl (C=O) groups is 1. The molecule has 1 aliphatic rings. The van der Waals surface area contributed by atoms with Gasteiger partial charge in [-0.05, 0) is 67.3 Å². The summed E-state index contributed by atoms with van der Waals surface area (Å²) in [4.78, 5) is 17.7. The van der Waals surface area contributed by atoms with Crippen molar-refractivity contribution in [1.29, 1.82) is 0 Å². The van der Waals surface area contributed by atoms with E-state index in [4.69, 9.17) is 4.42 Å². The molecule has 0 aliphatic carbocycles. The number of para-hydroxylation sites is 3. The smallest absolute Gasteiger partial charge is 0.255 e. The summed E-state index contributed by atoms with van der Waals surface area (Å²) in [6.07, 6.45) is 1.90. The van der Waals surface area contributed by atoms with Crippen molar-refractivity contribution in [3.8, 4) is 11.5 Å². The fourth-order valence-corrected chi connectivity index (χ4v) is 5.85. The maximum absolute atomic E-state index is 13.0. The van der Waals surface area contributed by atoms with E-state index < -0.39 is 10.0 Å². The molecule has 8 heteroatoms. The zero-order valence-corrected chi connectivity index (χ0v) is 19.6. The largest absolute Gasteiger partial charge is 0.436 e. The number of nitrogens with zero attached hydrogens (tertiary/aromatic N) is 2. The predicted octanol–water partition coefficient (Wildman–Crippen LogP) is 5.17. The molecule has 1 amide bonds. The molecular weight excluding hydrogens is 450 g/mol. The number of amides is 1. The third kappa shape index (κ3) is 4.34. The summed E-state index contributed by atoms with van der Waals surface area (Å²) in [5, 5.41) is 2.90. The third-order valence-corrected chi connectivity index (χ3v) is 7.95. The van der Waals surface area contributed by atoms with E-state index in [2.05, 4.69) is 17.2 Å². The molecule has 1 saturated heterocycles. The number of benzene rings is 3. The molecule has 4 aromatic rings. The van der Waals surface area contributed by atoms with Crippen molar-refractivity contribution in [1.82, 2.24) is 9.29 Å². The third-order valence-electron chi connectivity index (χ3n) is 6.07. The van der Waals surface area contributed by atoms with Gasteiger partial charge in [0, 0.05) is 18.7 Å². The van der Waals surface area contributed by atoms with Gasteiger partial charge in [-0.25, -0.2) is 13.4 Å². The van der Waals surface area contributed by atoms with E-state index in [1.54, 1.807) is 6.07 Å². The van der Waals surface area contributed by atoms with Gasteiger partial charge < -0.3 is 9.73 Å². The summed E-state index contributed by atoms with van der Waals surface area (Å²) in [5.41, 5.74) is 2.97. The number of fused-ring (bicyclic) bond motifs is 1. The first-order chi connectivity index (χ1) is 16.4. The van der Waals surface area contributed by atoms with Crippen LogP contribution in [0.3, 0.4) is 0 Å². The lowest BCUT2D eigenvalue weighted by atomic mass is 10.0. The van der Waals surface area contributed by atoms with Crippen molar-refractivity contribution < 1.29 is 17.6 Å². The number of hydrogen-bond acceptors (Lipinski definition) is 5. The van der Waals surface area contributed by atoms with Crippen molar-refractivity contribution >= 4 is 32.7 Å². The Balaban J connectivity index is 1.36. The van der Waals surface area contributed by atoms with Gasteiger partial charge in [0.25, 0.3) is 5.91 Å². The quantitative estimate of drug-likeness (QED) is 0.430. The molecule has 1 aromatic heterocycles. The highest BCUT2D eigenvalue weighted by molar-refractivity contribution is 7.89. The summed E-state index contributed by atoms with van der Waals surface area (Å²) in [6.45, 7) is 3.12. The van der Waals surface area contributed by atoms with Crippen molar-refractivity contribution in [3.05, 3.63) is 78.4 Å². The number of hydrogen-bond donors (Lipinski definition) is 1. The number of carbonyl (C=O) groups excluding carboxylic acids is 1. The molecule has 1 fully saturated rings. The Labute approximate surface area is 198 Å². The standard InChI is InChI=1S/C26H25N3O4S/c1-18-7-6-16-29(17-18)34(31,32)20-14-12-19(13-15-20)25(30)27-22-9-3-2-8-21(22)26-28-23-10-4-5-11-24(23)33-26/h2-5,8-15,18H,6-7,16-17H2,1H3,(H,27,30)/t18-/m0/s1. The topological polar surface area (TPSA) is 92.5 Å². The zero-order chi connectivity index (χ0) is 23.7. The van der Waals surface area contributed by atoms with Gasteiger partial charge in [0.2, 0.25) is 15.9 Å². The van der Waals surface area contributed by atoms with Gasteiger partial charge in [0.1, 0.15) is 5.52 Å². The van der Waals surface area contributed by atoms with E-state index >= 15 is 0 Å². The van der Waals surface area contributed by atoms with Gasteiger partial charge in [-0.2, -0.15) is 4.31 Å². The minimum atomic E-state index is -3.57. The fourth-order valence-electron chi connectivity index (χ4n) is 4.25. The summed E-state index contributed by atoms with van der Waals surface area (Å²) in [5.74, 6) is 0.406. The molecule has 2 heterocycles. The number of rotatable bonds is 5. The summed E-state index contributed by atoms with van der Waals surface area (Å²) in [6, 6.07) is 20.8. The number of sulfonamides is 1. The first-order valence-corrected chi connectivity index (χ1v) is 12.7. The van der Waals surface area contributed by atoms with Crippen LogP contribution in [0.1, 0.15) is 30.1 Å². The molecule has 0 unspecified atom stereocenters. The molecule has 0 saturated carbocycles. The number of piperidine rings is 1. The van der Waals surface area contributed by atoms with E-state index in [9.17, 15) is 13.2 Å². The SMILES string of the molecule is C[C@H]1CCCN(S(=O)(=O)c2ccc(C(=O)Nc3ccccc3-c3nc4ccccc4o3)cc2)C1. The minimum absolute atomic E-state index is 0.199. The van der Waals surface area contributed by atoms with Crippen molar-refractivity contribution in [2.24, 2.45) is 5.92 Å². The lowest BCUT2D eigenvalue weighted by Crippen LogP contribution is -2.39. The summed E-state index contributed by atoms with van der Waals surface area (Å²) in [7, 11) is -3.57. The van der Waals surface area contributed by atoms with Crippen LogP contribution in [0.2, 0.25) is 0 Å². The van der Waals surface area contributed by atoms with Crippen LogP contribution in [-0.4, -0.2) is 36.7 Å². The number of oxazole rings is 1. The van der Waals surface area contributed by atoms with Crippen LogP contribution in [0, 0.1) is 5.92 Å². The molecule has 5 rings (SSSR count). The number of nitrogens with one attached hydrogen (secondary N) is 1. The van der Waals surface area contributed by atoms with E-state index in [0.717, 1.165) is 18.4 Å². The molecule has 3 aromatic carbocycles. The average Bonchev–Trinajstić information content (AvgIpc) is 3.28. The Morgan fingerprint density at radius 3 is 2.53 bits per heavy atom. The Kier molecular flexibility index (Phi) is 5.93. The van der Waals surface area contributed by atoms with Crippen LogP contribution in [0.15, 0.2) is 82.1 Å². The number of anilines is 1. The molecule has 0 bridgehead atoms. The Bertz CT molecular complexity index is 1410. The molecule has 1 aliphatic heterocycles. The lowest BCUT2D eigenvalue weighted by molar-refractivity contribution is 0.102. The molecule has 1 N–H and O–H groups in total. The Morgan fingerprint density at radius 2 is 1.76 bits per heavy atom. The second-order valence-corrected chi connectivity index (χ2v) is 10.6. The molecule has 0 spiro atoms. The van der Waals surface area contributed by atoms with Crippen molar-refractivity contribution in [3.63, 3.8) is 0 Å². The molecule has 1 atom stereocenters. The summed E-state index contributed by atoms with van der Waals surface area (Å²) < 4.78 is 33.4. The van der Waals surface area contributed by atoms with Gasteiger partial charge in [-0.3, -0.25) is 4.79 Å².